The lowest BCUT2D eigenvalue weighted by atomic mass is 10.2. The van der Waals surface area contributed by atoms with Gasteiger partial charge in [0.25, 0.3) is 10.0 Å². The normalized spacial score (nSPS) is 11.3. The van der Waals surface area contributed by atoms with E-state index in [4.69, 9.17) is 0 Å². The second-order valence-electron chi connectivity index (χ2n) is 5.89. The summed E-state index contributed by atoms with van der Waals surface area (Å²) >= 11 is 0. The van der Waals surface area contributed by atoms with E-state index in [0.29, 0.717) is 16.8 Å². The molecule has 3 nitrogen and oxygen atoms in total. The van der Waals surface area contributed by atoms with Crippen LogP contribution in [0.15, 0.2) is 77.7 Å². The fourth-order valence-electron chi connectivity index (χ4n) is 2.73. The molecule has 0 fully saturated rings. The van der Waals surface area contributed by atoms with Gasteiger partial charge in [-0.3, -0.25) is 4.31 Å². The summed E-state index contributed by atoms with van der Waals surface area (Å²) in [4.78, 5) is 0.0131. The van der Waals surface area contributed by atoms with E-state index >= 15 is 0 Å². The van der Waals surface area contributed by atoms with Gasteiger partial charge in [-0.05, 0) is 60.5 Å². The van der Waals surface area contributed by atoms with Crippen molar-refractivity contribution < 1.29 is 17.2 Å². The molecular weight excluding hydrogens is 356 g/mol. The van der Waals surface area contributed by atoms with Crippen LogP contribution in [0.25, 0.3) is 0 Å². The molecule has 3 aromatic rings. The van der Waals surface area contributed by atoms with Crippen LogP contribution in [0.4, 0.5) is 14.5 Å². The van der Waals surface area contributed by atoms with Gasteiger partial charge in [0, 0.05) is 0 Å². The fourth-order valence-corrected chi connectivity index (χ4v) is 4.39. The lowest BCUT2D eigenvalue weighted by Gasteiger charge is -2.25. The Balaban J connectivity index is 2.10. The summed E-state index contributed by atoms with van der Waals surface area (Å²) < 4.78 is 54.7. The monoisotopic (exact) mass is 373 g/mol. The summed E-state index contributed by atoms with van der Waals surface area (Å²) in [6.45, 7) is 1.50. The van der Waals surface area contributed by atoms with E-state index in [1.807, 2.05) is 0 Å². The third-order valence-electron chi connectivity index (χ3n) is 3.96. The van der Waals surface area contributed by atoms with Crippen LogP contribution in [0.1, 0.15) is 11.1 Å². The summed E-state index contributed by atoms with van der Waals surface area (Å²) in [5.74, 6) is -0.941. The van der Waals surface area contributed by atoms with E-state index in [9.17, 15) is 17.2 Å². The van der Waals surface area contributed by atoms with Crippen LogP contribution in [-0.4, -0.2) is 8.42 Å². The molecule has 0 aliphatic heterocycles. The number of hydrogen-bond acceptors (Lipinski definition) is 2. The van der Waals surface area contributed by atoms with Gasteiger partial charge in [-0.15, -0.1) is 0 Å². The summed E-state index contributed by atoms with van der Waals surface area (Å²) in [5, 5.41) is 0. The van der Waals surface area contributed by atoms with Gasteiger partial charge in [0.1, 0.15) is 11.6 Å². The van der Waals surface area contributed by atoms with Crippen molar-refractivity contribution in [3.05, 3.63) is 95.6 Å². The minimum absolute atomic E-state index is 0.0131. The molecule has 0 aliphatic rings. The van der Waals surface area contributed by atoms with Gasteiger partial charge < -0.3 is 0 Å². The molecule has 3 aromatic carbocycles. The van der Waals surface area contributed by atoms with Crippen molar-refractivity contribution in [2.75, 3.05) is 4.31 Å². The number of para-hydroxylation sites is 1. The summed E-state index contributed by atoms with van der Waals surface area (Å²) in [6, 6.07) is 17.9. The smallest absolute Gasteiger partial charge is 0.262 e. The molecule has 0 bridgehead atoms. The highest BCUT2D eigenvalue weighted by atomic mass is 32.2. The van der Waals surface area contributed by atoms with Crippen LogP contribution in [0.3, 0.4) is 0 Å². The summed E-state index contributed by atoms with van der Waals surface area (Å²) in [6.07, 6.45) is 0. The standard InChI is InChI=1S/C20H17F2NO2S/c1-15-12-18(22)10-11-20(15)26(24,25)23(19-8-3-2-4-9-19)14-16-6-5-7-17(21)13-16/h2-13H,14H2,1H3. The maximum atomic E-state index is 13.5. The first-order chi connectivity index (χ1) is 12.4. The first-order valence-electron chi connectivity index (χ1n) is 7.96. The number of sulfonamides is 1. The van der Waals surface area contributed by atoms with Crippen molar-refractivity contribution in [1.29, 1.82) is 0 Å². The molecule has 26 heavy (non-hydrogen) atoms. The van der Waals surface area contributed by atoms with Crippen molar-refractivity contribution in [3.8, 4) is 0 Å². The second-order valence-corrected chi connectivity index (χ2v) is 7.72. The van der Waals surface area contributed by atoms with E-state index in [0.717, 1.165) is 6.07 Å². The minimum Gasteiger partial charge on any atom is -0.262 e. The SMILES string of the molecule is Cc1cc(F)ccc1S(=O)(=O)N(Cc1cccc(F)c1)c1ccccc1. The van der Waals surface area contributed by atoms with Crippen LogP contribution in [-0.2, 0) is 16.6 Å². The van der Waals surface area contributed by atoms with Crippen molar-refractivity contribution in [1.82, 2.24) is 0 Å². The van der Waals surface area contributed by atoms with Crippen LogP contribution >= 0.6 is 0 Å². The first kappa shape index (κ1) is 18.1. The summed E-state index contributed by atoms with van der Waals surface area (Å²) in [7, 11) is -3.97. The first-order valence-corrected chi connectivity index (χ1v) is 9.40. The van der Waals surface area contributed by atoms with E-state index in [2.05, 4.69) is 0 Å². The van der Waals surface area contributed by atoms with E-state index in [-0.39, 0.29) is 11.4 Å². The van der Waals surface area contributed by atoms with Gasteiger partial charge in [-0.2, -0.15) is 0 Å². The molecule has 0 aliphatic carbocycles. The third kappa shape index (κ3) is 3.75. The maximum absolute atomic E-state index is 13.5. The highest BCUT2D eigenvalue weighted by molar-refractivity contribution is 7.92. The molecule has 0 heterocycles. The molecule has 0 N–H and O–H groups in total. The number of hydrogen-bond donors (Lipinski definition) is 0. The van der Waals surface area contributed by atoms with Gasteiger partial charge in [-0.25, -0.2) is 17.2 Å². The van der Waals surface area contributed by atoms with Gasteiger partial charge in [0.2, 0.25) is 0 Å². The summed E-state index contributed by atoms with van der Waals surface area (Å²) in [5.41, 5.74) is 1.27. The van der Waals surface area contributed by atoms with E-state index < -0.39 is 21.7 Å². The van der Waals surface area contributed by atoms with E-state index in [1.165, 1.54) is 34.6 Å². The highest BCUT2D eigenvalue weighted by Crippen LogP contribution is 2.28. The fraction of sp³-hybridized carbons (Fsp3) is 0.100. The predicted octanol–water partition coefficient (Wildman–Crippen LogP) is 4.67. The molecule has 0 spiro atoms. The molecule has 0 saturated carbocycles. The number of rotatable bonds is 5. The molecule has 0 saturated heterocycles. The molecule has 0 radical (unpaired) electrons. The number of anilines is 1. The minimum atomic E-state index is -3.97. The number of aryl methyl sites for hydroxylation is 1. The number of benzene rings is 3. The zero-order chi connectivity index (χ0) is 18.7. The van der Waals surface area contributed by atoms with Crippen molar-refractivity contribution in [2.45, 2.75) is 18.4 Å². The Bertz CT molecular complexity index is 1020. The average Bonchev–Trinajstić information content (AvgIpc) is 2.60. The molecule has 3 rings (SSSR count). The molecule has 0 aromatic heterocycles. The Hall–Kier alpha value is -2.73. The number of nitrogens with zero attached hydrogens (tertiary/aromatic N) is 1. The average molecular weight is 373 g/mol. The van der Waals surface area contributed by atoms with E-state index in [1.54, 1.807) is 43.3 Å². The van der Waals surface area contributed by atoms with Crippen LogP contribution in [0.5, 0.6) is 0 Å². The third-order valence-corrected chi connectivity index (χ3v) is 5.90. The van der Waals surface area contributed by atoms with Crippen LogP contribution in [0, 0.1) is 18.6 Å². The van der Waals surface area contributed by atoms with Gasteiger partial charge in [0.15, 0.2) is 0 Å². The van der Waals surface area contributed by atoms with Crippen molar-refractivity contribution in [2.24, 2.45) is 0 Å². The lowest BCUT2D eigenvalue weighted by Crippen LogP contribution is -2.31. The zero-order valence-corrected chi connectivity index (χ0v) is 14.9. The lowest BCUT2D eigenvalue weighted by molar-refractivity contribution is 0.587. The predicted molar refractivity (Wildman–Crippen MR) is 97.3 cm³/mol. The van der Waals surface area contributed by atoms with Gasteiger partial charge in [-0.1, -0.05) is 30.3 Å². The zero-order valence-electron chi connectivity index (χ0n) is 14.1. The molecule has 0 atom stereocenters. The largest absolute Gasteiger partial charge is 0.264 e. The molecular formula is C20H17F2NO2S. The maximum Gasteiger partial charge on any atom is 0.264 e. The Morgan fingerprint density at radius 3 is 2.19 bits per heavy atom. The topological polar surface area (TPSA) is 37.4 Å². The Morgan fingerprint density at radius 2 is 1.54 bits per heavy atom. The second kappa shape index (κ2) is 7.25. The quantitative estimate of drug-likeness (QED) is 0.652. The molecule has 134 valence electrons. The molecule has 0 amide bonds. The van der Waals surface area contributed by atoms with Gasteiger partial charge >= 0.3 is 0 Å². The number of halogens is 2. The Kier molecular flexibility index (Phi) is 5.04. The molecule has 6 heteroatoms. The molecule has 0 unspecified atom stereocenters. The van der Waals surface area contributed by atoms with Crippen molar-refractivity contribution in [3.63, 3.8) is 0 Å². The van der Waals surface area contributed by atoms with Gasteiger partial charge in [0.05, 0.1) is 17.1 Å². The van der Waals surface area contributed by atoms with Crippen LogP contribution < -0.4 is 4.31 Å². The Labute approximate surface area is 151 Å². The van der Waals surface area contributed by atoms with Crippen molar-refractivity contribution >= 4 is 15.7 Å². The highest BCUT2D eigenvalue weighted by Gasteiger charge is 2.27. The van der Waals surface area contributed by atoms with Crippen LogP contribution in [0.2, 0.25) is 0 Å². The Morgan fingerprint density at radius 1 is 0.846 bits per heavy atom.